The Morgan fingerprint density at radius 2 is 1.00 bits per heavy atom. The van der Waals surface area contributed by atoms with Crippen molar-refractivity contribution in [2.75, 3.05) is 19.6 Å². The molecule has 13 heteroatoms. The molecule has 64 heavy (non-hydrogen) atoms. The van der Waals surface area contributed by atoms with Gasteiger partial charge in [0, 0.05) is 41.9 Å². The predicted molar refractivity (Wildman–Crippen MR) is 246 cm³/mol. The van der Waals surface area contributed by atoms with Crippen molar-refractivity contribution in [1.29, 1.82) is 0 Å². The first kappa shape index (κ1) is 48.1. The molecule has 4 aliphatic carbocycles. The second kappa shape index (κ2) is 23.5. The van der Waals surface area contributed by atoms with E-state index in [9.17, 15) is 22.8 Å². The van der Waals surface area contributed by atoms with Crippen LogP contribution in [0, 0.1) is 23.4 Å². The third-order valence-corrected chi connectivity index (χ3v) is 11.8. The molecule has 4 saturated carbocycles. The Hall–Kier alpha value is -5.40. The van der Waals surface area contributed by atoms with Crippen molar-refractivity contribution >= 4 is 24.2 Å². The van der Waals surface area contributed by atoms with Gasteiger partial charge in [-0.3, -0.25) is 9.59 Å². The van der Waals surface area contributed by atoms with E-state index in [-0.39, 0.29) is 55.8 Å². The zero-order valence-electron chi connectivity index (χ0n) is 35.9. The first-order chi connectivity index (χ1) is 30.6. The van der Waals surface area contributed by atoms with Crippen LogP contribution in [-0.4, -0.2) is 49.6 Å². The molecule has 0 radical (unpaired) electrons. The van der Waals surface area contributed by atoms with Crippen LogP contribution in [0.25, 0.3) is 0 Å². The maximum atomic E-state index is 13.1. The van der Waals surface area contributed by atoms with Gasteiger partial charge in [-0.25, -0.2) is 13.2 Å². The van der Waals surface area contributed by atoms with E-state index in [1.165, 1.54) is 74.0 Å². The highest BCUT2D eigenvalue weighted by atomic mass is 35.5. The summed E-state index contributed by atoms with van der Waals surface area (Å²) >= 11 is 0. The van der Waals surface area contributed by atoms with E-state index >= 15 is 0 Å². The molecule has 9 nitrogen and oxygen atoms in total. The Labute approximate surface area is 380 Å². The topological polar surface area (TPSA) is 141 Å². The zero-order chi connectivity index (χ0) is 44.1. The molecule has 7 N–H and O–H groups in total. The predicted octanol–water partition coefficient (Wildman–Crippen LogP) is 8.55. The number of nitrogens with two attached hydrogens (primary N) is 2. The summed E-state index contributed by atoms with van der Waals surface area (Å²) in [6.45, 7) is 2.14. The number of nitrogens with one attached hydrogen (secondary N) is 3. The van der Waals surface area contributed by atoms with Crippen molar-refractivity contribution in [1.82, 2.24) is 16.0 Å². The Bertz CT molecular complexity index is 2210. The molecule has 0 aromatic heterocycles. The van der Waals surface area contributed by atoms with Crippen LogP contribution in [-0.2, 0) is 22.8 Å². The van der Waals surface area contributed by atoms with E-state index in [0.717, 1.165) is 53.7 Å². The Kier molecular flexibility index (Phi) is 17.7. The van der Waals surface area contributed by atoms with Gasteiger partial charge in [0.2, 0.25) is 11.8 Å². The molecule has 4 aliphatic rings. The van der Waals surface area contributed by atoms with Crippen LogP contribution < -0.4 is 36.9 Å². The monoisotopic (exact) mass is 897 g/mol. The number of ether oxygens (including phenoxy) is 2. The second-order valence-corrected chi connectivity index (χ2v) is 17.1. The Morgan fingerprint density at radius 3 is 1.47 bits per heavy atom. The van der Waals surface area contributed by atoms with E-state index in [1.807, 2.05) is 48.5 Å². The van der Waals surface area contributed by atoms with Crippen molar-refractivity contribution in [3.8, 4) is 11.5 Å². The van der Waals surface area contributed by atoms with Crippen molar-refractivity contribution in [2.24, 2.45) is 17.4 Å². The molecular formula is C51H59ClF3N5O4. The second-order valence-electron chi connectivity index (χ2n) is 17.1. The summed E-state index contributed by atoms with van der Waals surface area (Å²) in [5, 5.41) is 9.92. The minimum Gasteiger partial charge on any atom is -0.489 e. The highest BCUT2D eigenvalue weighted by molar-refractivity contribution is 5.85. The Morgan fingerprint density at radius 1 is 0.547 bits per heavy atom. The zero-order valence-corrected chi connectivity index (χ0v) is 36.7. The smallest absolute Gasteiger partial charge is 0.231 e. The van der Waals surface area contributed by atoms with E-state index in [0.29, 0.717) is 35.8 Å². The van der Waals surface area contributed by atoms with Crippen LogP contribution in [0.4, 0.5) is 13.2 Å². The molecule has 0 aliphatic heterocycles. The number of hydrogen-bond acceptors (Lipinski definition) is 7. The van der Waals surface area contributed by atoms with Crippen LogP contribution in [0.1, 0.15) is 90.5 Å². The van der Waals surface area contributed by atoms with E-state index in [4.69, 9.17) is 20.9 Å². The lowest BCUT2D eigenvalue weighted by Gasteiger charge is -2.08. The summed E-state index contributed by atoms with van der Waals surface area (Å²) in [4.78, 5) is 21.5. The summed E-state index contributed by atoms with van der Waals surface area (Å²) in [7, 11) is 0. The summed E-state index contributed by atoms with van der Waals surface area (Å²) in [6.07, 6.45) is 9.15. The van der Waals surface area contributed by atoms with E-state index in [2.05, 4.69) is 46.3 Å². The van der Waals surface area contributed by atoms with Crippen LogP contribution in [0.2, 0.25) is 0 Å². The molecule has 0 saturated heterocycles. The lowest BCUT2D eigenvalue weighted by Crippen LogP contribution is -2.30. The summed E-state index contributed by atoms with van der Waals surface area (Å²) < 4.78 is 50.3. The van der Waals surface area contributed by atoms with Gasteiger partial charge < -0.3 is 36.9 Å². The number of primary amides is 2. The minimum absolute atomic E-state index is 0. The van der Waals surface area contributed by atoms with Gasteiger partial charge in [0.1, 0.15) is 42.2 Å². The fraction of sp³-hybridized carbons (Fsp3) is 0.373. The van der Waals surface area contributed by atoms with Crippen LogP contribution in [0.5, 0.6) is 11.5 Å². The highest BCUT2D eigenvalue weighted by Gasteiger charge is 2.39. The number of benzene rings is 5. The van der Waals surface area contributed by atoms with Crippen molar-refractivity contribution < 1.29 is 32.2 Å². The average Bonchev–Trinajstić information content (AvgIpc) is 4.08. The molecular weight excluding hydrogens is 839 g/mol. The normalized spacial score (nSPS) is 21.1. The van der Waals surface area contributed by atoms with Gasteiger partial charge in [-0.15, -0.1) is 12.4 Å². The van der Waals surface area contributed by atoms with E-state index in [1.54, 1.807) is 12.1 Å². The summed E-state index contributed by atoms with van der Waals surface area (Å²) in [5.41, 5.74) is 15.5. The average molecular weight is 899 g/mol. The fourth-order valence-corrected chi connectivity index (χ4v) is 7.85. The number of halogens is 4. The third-order valence-electron chi connectivity index (χ3n) is 11.8. The summed E-state index contributed by atoms with van der Waals surface area (Å²) in [5.74, 6) is 1.91. The Balaban J connectivity index is 0.000000161. The molecule has 2 amide bonds. The molecule has 0 spiro atoms. The number of carbonyl (C=O) groups is 2. The highest BCUT2D eigenvalue weighted by Crippen LogP contribution is 2.43. The lowest BCUT2D eigenvalue weighted by atomic mass is 10.1. The van der Waals surface area contributed by atoms with E-state index < -0.39 is 11.6 Å². The molecule has 0 bridgehead atoms. The molecule has 0 heterocycles. The largest absolute Gasteiger partial charge is 0.489 e. The van der Waals surface area contributed by atoms with Gasteiger partial charge >= 0.3 is 0 Å². The number of carbonyl (C=O) groups excluding carboxylic acids is 2. The standard InChI is InChI=1S/C18H18F2N2O2.C18H19FN2O2.C15H21N.ClH/c19-13-5-11(6-14(20)7-13)10-24-15-3-1-12(2-4-15)16-8-17(16)22-9-18(21)23;19-14-5-1-12(2-6-14)11-23-15-7-3-13(4-8-15)16-9-17(16)21-10-18(20)22;1-2-6-13(7-3-1)14-11-15(14)16-10-4-5-12-8-9-12;/h1-7,16-17,22H,8-10H2,(H2,21,23);1-8,16-17,21H,9-11H2,(H2,20,22);1-3,6-7,12,14-16H,4-5,8-11H2;1H/t2*16?,17-;14?,15-;/m000./s1. The molecule has 3 unspecified atom stereocenters. The molecule has 5 aromatic carbocycles. The molecule has 5 aromatic rings. The van der Waals surface area contributed by atoms with Crippen molar-refractivity contribution in [3.05, 3.63) is 167 Å². The molecule has 9 rings (SSSR count). The van der Waals surface area contributed by atoms with Gasteiger partial charge in [-0.05, 0) is 121 Å². The van der Waals surface area contributed by atoms with Crippen molar-refractivity contribution in [3.63, 3.8) is 0 Å². The van der Waals surface area contributed by atoms with Gasteiger partial charge in [0.05, 0.1) is 13.1 Å². The van der Waals surface area contributed by atoms with Gasteiger partial charge in [0.25, 0.3) is 0 Å². The quantitative estimate of drug-likeness (QED) is 0.0494. The third kappa shape index (κ3) is 16.0. The van der Waals surface area contributed by atoms with Crippen LogP contribution >= 0.6 is 12.4 Å². The maximum absolute atomic E-state index is 13.1. The van der Waals surface area contributed by atoms with Gasteiger partial charge in [-0.2, -0.15) is 0 Å². The van der Waals surface area contributed by atoms with Crippen LogP contribution in [0.3, 0.4) is 0 Å². The number of amides is 2. The maximum Gasteiger partial charge on any atom is 0.231 e. The number of hydrogen-bond donors (Lipinski definition) is 5. The first-order valence-corrected chi connectivity index (χ1v) is 22.0. The molecule has 340 valence electrons. The first-order valence-electron chi connectivity index (χ1n) is 22.0. The molecule has 6 atom stereocenters. The minimum atomic E-state index is -0.618. The van der Waals surface area contributed by atoms with Crippen molar-refractivity contribution in [2.45, 2.75) is 94.0 Å². The SMILES string of the molecule is Cl.NC(=O)CN[C@H]1CC1c1ccc(OCc2cc(F)cc(F)c2)cc1.NC(=O)CN[C@H]1CC1c1ccc(OCc2ccc(F)cc2)cc1.c1ccc(C2C[C@@H]2NCCCC2CC2)cc1. The van der Waals surface area contributed by atoms with Gasteiger partial charge in [-0.1, -0.05) is 79.6 Å². The molecule has 4 fully saturated rings. The van der Waals surface area contributed by atoms with Crippen LogP contribution in [0.15, 0.2) is 121 Å². The van der Waals surface area contributed by atoms with Gasteiger partial charge in [0.15, 0.2) is 0 Å². The number of rotatable bonds is 20. The fourth-order valence-electron chi connectivity index (χ4n) is 7.85. The summed E-state index contributed by atoms with van der Waals surface area (Å²) in [6, 6.07) is 37.4. The lowest BCUT2D eigenvalue weighted by molar-refractivity contribution is -0.118.